The standard InChI is InChI=1S/C18H16O3/c1-11-9-17-15(10-16(11)20-13(3)19)12(2)18(21-17)14-7-5-4-6-8-14/h4-10H,1-3H3. The highest BCUT2D eigenvalue weighted by Gasteiger charge is 2.15. The molecular formula is C18H16O3. The highest BCUT2D eigenvalue weighted by Crippen LogP contribution is 2.36. The van der Waals surface area contributed by atoms with Crippen molar-refractivity contribution in [2.24, 2.45) is 0 Å². The molecule has 21 heavy (non-hydrogen) atoms. The molecule has 2 aromatic carbocycles. The number of carbonyl (C=O) groups excluding carboxylic acids is 1. The molecule has 0 fully saturated rings. The van der Waals surface area contributed by atoms with Crippen molar-refractivity contribution in [2.75, 3.05) is 0 Å². The molecule has 3 heteroatoms. The Morgan fingerprint density at radius 3 is 2.48 bits per heavy atom. The number of esters is 1. The van der Waals surface area contributed by atoms with Gasteiger partial charge in [0.15, 0.2) is 0 Å². The molecule has 0 amide bonds. The molecule has 0 saturated carbocycles. The quantitative estimate of drug-likeness (QED) is 0.507. The van der Waals surface area contributed by atoms with Gasteiger partial charge in [0.25, 0.3) is 0 Å². The molecule has 1 aromatic heterocycles. The second-order valence-corrected chi connectivity index (χ2v) is 5.13. The molecule has 3 aromatic rings. The summed E-state index contributed by atoms with van der Waals surface area (Å²) in [7, 11) is 0. The summed E-state index contributed by atoms with van der Waals surface area (Å²) in [5, 5.41) is 0.968. The molecular weight excluding hydrogens is 264 g/mol. The third kappa shape index (κ3) is 2.42. The minimum Gasteiger partial charge on any atom is -0.456 e. The summed E-state index contributed by atoms with van der Waals surface area (Å²) in [4.78, 5) is 11.2. The number of aryl methyl sites for hydroxylation is 2. The van der Waals surface area contributed by atoms with Crippen molar-refractivity contribution < 1.29 is 13.9 Å². The Morgan fingerprint density at radius 1 is 1.10 bits per heavy atom. The summed E-state index contributed by atoms with van der Waals surface area (Å²) < 4.78 is 11.2. The molecule has 0 aliphatic carbocycles. The van der Waals surface area contributed by atoms with E-state index in [1.807, 2.05) is 56.3 Å². The van der Waals surface area contributed by atoms with E-state index in [2.05, 4.69) is 0 Å². The van der Waals surface area contributed by atoms with E-state index in [4.69, 9.17) is 9.15 Å². The molecule has 0 aliphatic heterocycles. The molecule has 0 N–H and O–H groups in total. The van der Waals surface area contributed by atoms with E-state index in [0.29, 0.717) is 5.75 Å². The van der Waals surface area contributed by atoms with Gasteiger partial charge < -0.3 is 9.15 Å². The Kier molecular flexibility index (Phi) is 3.26. The highest BCUT2D eigenvalue weighted by molar-refractivity contribution is 5.90. The van der Waals surface area contributed by atoms with Gasteiger partial charge in [-0.15, -0.1) is 0 Å². The molecule has 0 aliphatic rings. The Labute approximate surface area is 123 Å². The molecule has 0 spiro atoms. The lowest BCUT2D eigenvalue weighted by Gasteiger charge is -2.04. The third-order valence-electron chi connectivity index (χ3n) is 3.52. The number of ether oxygens (including phenoxy) is 1. The number of benzene rings is 2. The zero-order chi connectivity index (χ0) is 15.0. The molecule has 0 atom stereocenters. The molecule has 0 unspecified atom stereocenters. The van der Waals surface area contributed by atoms with Gasteiger partial charge in [0, 0.05) is 23.4 Å². The van der Waals surface area contributed by atoms with Crippen molar-refractivity contribution in [3.63, 3.8) is 0 Å². The first kappa shape index (κ1) is 13.4. The van der Waals surface area contributed by atoms with Crippen LogP contribution in [-0.2, 0) is 4.79 Å². The molecule has 0 saturated heterocycles. The van der Waals surface area contributed by atoms with Crippen LogP contribution in [0.15, 0.2) is 46.9 Å². The Morgan fingerprint density at radius 2 is 1.81 bits per heavy atom. The summed E-state index contributed by atoms with van der Waals surface area (Å²) in [6.07, 6.45) is 0. The van der Waals surface area contributed by atoms with Gasteiger partial charge in [0.05, 0.1) is 0 Å². The lowest BCUT2D eigenvalue weighted by Crippen LogP contribution is -2.02. The van der Waals surface area contributed by atoms with Crippen LogP contribution in [0.3, 0.4) is 0 Å². The number of hydrogen-bond acceptors (Lipinski definition) is 3. The number of rotatable bonds is 2. The first-order chi connectivity index (χ1) is 10.1. The van der Waals surface area contributed by atoms with E-state index in [1.54, 1.807) is 0 Å². The smallest absolute Gasteiger partial charge is 0.308 e. The van der Waals surface area contributed by atoms with Gasteiger partial charge in [-0.05, 0) is 31.5 Å². The van der Waals surface area contributed by atoms with E-state index in [9.17, 15) is 4.79 Å². The van der Waals surface area contributed by atoms with Crippen molar-refractivity contribution in [1.29, 1.82) is 0 Å². The first-order valence-electron chi connectivity index (χ1n) is 6.84. The lowest BCUT2D eigenvalue weighted by molar-refractivity contribution is -0.131. The molecule has 0 radical (unpaired) electrons. The molecule has 1 heterocycles. The zero-order valence-corrected chi connectivity index (χ0v) is 12.3. The Bertz CT molecular complexity index is 813. The average molecular weight is 280 g/mol. The van der Waals surface area contributed by atoms with E-state index in [0.717, 1.165) is 33.4 Å². The van der Waals surface area contributed by atoms with Gasteiger partial charge in [0.2, 0.25) is 0 Å². The summed E-state index contributed by atoms with van der Waals surface area (Å²) in [5.74, 6) is 1.12. The van der Waals surface area contributed by atoms with Crippen LogP contribution in [0.2, 0.25) is 0 Å². The number of hydrogen-bond donors (Lipinski definition) is 0. The van der Waals surface area contributed by atoms with Crippen LogP contribution in [0.1, 0.15) is 18.1 Å². The molecule has 106 valence electrons. The highest BCUT2D eigenvalue weighted by atomic mass is 16.5. The third-order valence-corrected chi connectivity index (χ3v) is 3.52. The van der Waals surface area contributed by atoms with Gasteiger partial charge in [0.1, 0.15) is 17.1 Å². The van der Waals surface area contributed by atoms with E-state index < -0.39 is 0 Å². The van der Waals surface area contributed by atoms with Crippen LogP contribution >= 0.6 is 0 Å². The minimum atomic E-state index is -0.318. The topological polar surface area (TPSA) is 39.4 Å². The van der Waals surface area contributed by atoms with Gasteiger partial charge in [-0.25, -0.2) is 0 Å². The maximum atomic E-state index is 11.2. The second-order valence-electron chi connectivity index (χ2n) is 5.13. The summed E-state index contributed by atoms with van der Waals surface area (Å²) in [6.45, 7) is 5.32. The maximum Gasteiger partial charge on any atom is 0.308 e. The predicted octanol–water partition coefficient (Wildman–Crippen LogP) is 4.64. The number of fused-ring (bicyclic) bond motifs is 1. The normalized spacial score (nSPS) is 10.8. The van der Waals surface area contributed by atoms with E-state index in [-0.39, 0.29) is 5.97 Å². The van der Waals surface area contributed by atoms with E-state index >= 15 is 0 Å². The Balaban J connectivity index is 2.19. The van der Waals surface area contributed by atoms with Crippen molar-refractivity contribution in [3.8, 4) is 17.1 Å². The van der Waals surface area contributed by atoms with Crippen LogP contribution in [-0.4, -0.2) is 5.97 Å². The monoisotopic (exact) mass is 280 g/mol. The predicted molar refractivity (Wildman–Crippen MR) is 82.4 cm³/mol. The lowest BCUT2D eigenvalue weighted by atomic mass is 10.1. The zero-order valence-electron chi connectivity index (χ0n) is 12.3. The second kappa shape index (κ2) is 5.09. The number of carbonyl (C=O) groups is 1. The van der Waals surface area contributed by atoms with Crippen LogP contribution in [0, 0.1) is 13.8 Å². The van der Waals surface area contributed by atoms with Gasteiger partial charge in [-0.3, -0.25) is 4.79 Å². The van der Waals surface area contributed by atoms with Crippen LogP contribution in [0.4, 0.5) is 0 Å². The fourth-order valence-electron chi connectivity index (χ4n) is 2.48. The van der Waals surface area contributed by atoms with Crippen LogP contribution < -0.4 is 4.74 Å². The summed E-state index contributed by atoms with van der Waals surface area (Å²) in [6, 6.07) is 13.8. The SMILES string of the molecule is CC(=O)Oc1cc2c(C)c(-c3ccccc3)oc2cc1C. The van der Waals surface area contributed by atoms with Gasteiger partial charge in [-0.1, -0.05) is 30.3 Å². The average Bonchev–Trinajstić information content (AvgIpc) is 2.77. The van der Waals surface area contributed by atoms with Crippen molar-refractivity contribution in [1.82, 2.24) is 0 Å². The summed E-state index contributed by atoms with van der Waals surface area (Å²) >= 11 is 0. The van der Waals surface area contributed by atoms with Crippen LogP contribution in [0.5, 0.6) is 5.75 Å². The Hall–Kier alpha value is -2.55. The van der Waals surface area contributed by atoms with Crippen LogP contribution in [0.25, 0.3) is 22.3 Å². The van der Waals surface area contributed by atoms with Crippen molar-refractivity contribution in [3.05, 3.63) is 53.6 Å². The first-order valence-corrected chi connectivity index (χ1v) is 6.84. The molecule has 3 nitrogen and oxygen atoms in total. The van der Waals surface area contributed by atoms with E-state index in [1.165, 1.54) is 6.92 Å². The minimum absolute atomic E-state index is 0.318. The summed E-state index contributed by atoms with van der Waals surface area (Å²) in [5.41, 5.74) is 3.77. The number of furan rings is 1. The van der Waals surface area contributed by atoms with Gasteiger partial charge >= 0.3 is 5.97 Å². The molecule has 3 rings (SSSR count). The molecule has 0 bridgehead atoms. The fraction of sp³-hybridized carbons (Fsp3) is 0.167. The van der Waals surface area contributed by atoms with Gasteiger partial charge in [-0.2, -0.15) is 0 Å². The maximum absolute atomic E-state index is 11.2. The fourth-order valence-corrected chi connectivity index (χ4v) is 2.48. The van der Waals surface area contributed by atoms with Crippen molar-refractivity contribution >= 4 is 16.9 Å². The van der Waals surface area contributed by atoms with Crippen molar-refractivity contribution in [2.45, 2.75) is 20.8 Å². The largest absolute Gasteiger partial charge is 0.456 e.